The van der Waals surface area contributed by atoms with E-state index in [2.05, 4.69) is 24.4 Å². The van der Waals surface area contributed by atoms with Gasteiger partial charge < -0.3 is 10.1 Å². The number of ether oxygens (including phenoxy) is 1. The third-order valence-corrected chi connectivity index (χ3v) is 5.22. The van der Waals surface area contributed by atoms with Crippen LogP contribution in [-0.4, -0.2) is 18.3 Å². The molecule has 0 aliphatic carbocycles. The van der Waals surface area contributed by atoms with Crippen LogP contribution in [0.2, 0.25) is 0 Å². The van der Waals surface area contributed by atoms with Gasteiger partial charge in [0.2, 0.25) is 0 Å². The molecule has 0 unspecified atom stereocenters. The molecule has 1 N–H and O–H groups in total. The van der Waals surface area contributed by atoms with E-state index in [4.69, 9.17) is 4.74 Å². The summed E-state index contributed by atoms with van der Waals surface area (Å²) >= 11 is 1.76. The largest absolute Gasteiger partial charge is 0.493 e. The summed E-state index contributed by atoms with van der Waals surface area (Å²) in [5.74, 6) is 1.52. The van der Waals surface area contributed by atoms with Crippen LogP contribution < -0.4 is 10.1 Å². The van der Waals surface area contributed by atoms with Gasteiger partial charge in [0.1, 0.15) is 5.75 Å². The Kier molecular flexibility index (Phi) is 6.55. The molecule has 0 saturated heterocycles. The van der Waals surface area contributed by atoms with Crippen molar-refractivity contribution in [2.45, 2.75) is 18.7 Å². The van der Waals surface area contributed by atoms with Gasteiger partial charge in [-0.3, -0.25) is 4.79 Å². The molecule has 0 radical (unpaired) electrons. The number of thioether (sulfide) groups is 1. The van der Waals surface area contributed by atoms with Gasteiger partial charge in [-0.25, -0.2) is 0 Å². The van der Waals surface area contributed by atoms with Gasteiger partial charge in [-0.2, -0.15) is 0 Å². The number of carbonyl (C=O) groups is 1. The van der Waals surface area contributed by atoms with Crippen molar-refractivity contribution in [3.63, 3.8) is 0 Å². The molecule has 1 amide bonds. The van der Waals surface area contributed by atoms with Crippen LogP contribution in [0.15, 0.2) is 77.7 Å². The zero-order valence-corrected chi connectivity index (χ0v) is 16.4. The maximum Gasteiger partial charge on any atom is 0.255 e. The van der Waals surface area contributed by atoms with Gasteiger partial charge in [-0.15, -0.1) is 11.8 Å². The van der Waals surface area contributed by atoms with Crippen molar-refractivity contribution >= 4 is 23.4 Å². The fourth-order valence-corrected chi connectivity index (χ4v) is 3.31. The molecule has 0 spiro atoms. The molecule has 3 nitrogen and oxygen atoms in total. The second-order valence-electron chi connectivity index (χ2n) is 6.29. The SMILES string of the molecule is Cc1ccc(NC(=O)c2ccc(OCCSc3ccccc3)cc2)cc1C. The summed E-state index contributed by atoms with van der Waals surface area (Å²) in [5, 5.41) is 2.93. The molecule has 0 bridgehead atoms. The van der Waals surface area contributed by atoms with E-state index < -0.39 is 0 Å². The molecular weight excluding hydrogens is 354 g/mol. The third kappa shape index (κ3) is 5.63. The minimum Gasteiger partial charge on any atom is -0.493 e. The van der Waals surface area contributed by atoms with Crippen LogP contribution in [0.4, 0.5) is 5.69 Å². The normalized spacial score (nSPS) is 10.4. The third-order valence-electron chi connectivity index (χ3n) is 4.25. The number of hydrogen-bond acceptors (Lipinski definition) is 3. The number of anilines is 1. The highest BCUT2D eigenvalue weighted by Crippen LogP contribution is 2.19. The highest BCUT2D eigenvalue weighted by molar-refractivity contribution is 7.99. The highest BCUT2D eigenvalue weighted by atomic mass is 32.2. The Bertz CT molecular complexity index is 892. The lowest BCUT2D eigenvalue weighted by Gasteiger charge is -2.09. The fraction of sp³-hybridized carbons (Fsp3) is 0.174. The van der Waals surface area contributed by atoms with Crippen LogP contribution in [0.3, 0.4) is 0 Å². The van der Waals surface area contributed by atoms with Crippen LogP contribution >= 0.6 is 11.8 Å². The van der Waals surface area contributed by atoms with Gasteiger partial charge in [0, 0.05) is 21.9 Å². The van der Waals surface area contributed by atoms with Crippen LogP contribution in [0.5, 0.6) is 5.75 Å². The van der Waals surface area contributed by atoms with Crippen molar-refractivity contribution < 1.29 is 9.53 Å². The van der Waals surface area contributed by atoms with Crippen LogP contribution in [0.25, 0.3) is 0 Å². The van der Waals surface area contributed by atoms with Gasteiger partial charge in [0.15, 0.2) is 0 Å². The molecule has 4 heteroatoms. The predicted molar refractivity (Wildman–Crippen MR) is 113 cm³/mol. The first kappa shape index (κ1) is 19.1. The predicted octanol–water partition coefficient (Wildman–Crippen LogP) is 5.73. The number of hydrogen-bond donors (Lipinski definition) is 1. The van der Waals surface area contributed by atoms with Crippen molar-refractivity contribution in [3.8, 4) is 5.75 Å². The molecule has 3 aromatic carbocycles. The van der Waals surface area contributed by atoms with Gasteiger partial charge in [0.05, 0.1) is 6.61 Å². The van der Waals surface area contributed by atoms with E-state index in [-0.39, 0.29) is 5.91 Å². The second kappa shape index (κ2) is 9.28. The Morgan fingerprint density at radius 2 is 1.67 bits per heavy atom. The summed E-state index contributed by atoms with van der Waals surface area (Å²) in [6.45, 7) is 4.71. The standard InChI is InChI=1S/C23H23NO2S/c1-17-8-11-20(16-18(17)2)24-23(25)19-9-12-21(13-10-19)26-14-15-27-22-6-4-3-5-7-22/h3-13,16H,14-15H2,1-2H3,(H,24,25). The van der Waals surface area contributed by atoms with Crippen LogP contribution in [0.1, 0.15) is 21.5 Å². The lowest BCUT2D eigenvalue weighted by atomic mass is 10.1. The van der Waals surface area contributed by atoms with E-state index in [0.717, 1.165) is 22.8 Å². The van der Waals surface area contributed by atoms with E-state index in [0.29, 0.717) is 12.2 Å². The molecule has 0 aliphatic rings. The summed E-state index contributed by atoms with van der Waals surface area (Å²) in [4.78, 5) is 13.6. The second-order valence-corrected chi connectivity index (χ2v) is 7.46. The summed E-state index contributed by atoms with van der Waals surface area (Å²) in [6.07, 6.45) is 0. The van der Waals surface area contributed by atoms with Crippen molar-refractivity contribution in [1.82, 2.24) is 0 Å². The van der Waals surface area contributed by atoms with Crippen LogP contribution in [0, 0.1) is 13.8 Å². The monoisotopic (exact) mass is 377 g/mol. The Labute approximate surface area is 164 Å². The summed E-state index contributed by atoms with van der Waals surface area (Å²) < 4.78 is 5.76. The minimum atomic E-state index is -0.121. The van der Waals surface area contributed by atoms with Gasteiger partial charge in [-0.1, -0.05) is 24.3 Å². The topological polar surface area (TPSA) is 38.3 Å². The Morgan fingerprint density at radius 1 is 0.926 bits per heavy atom. The number of amides is 1. The van der Waals surface area contributed by atoms with E-state index in [9.17, 15) is 4.79 Å². The molecule has 0 saturated carbocycles. The maximum absolute atomic E-state index is 12.4. The molecule has 0 fully saturated rings. The van der Waals surface area contributed by atoms with Gasteiger partial charge in [-0.05, 0) is 73.5 Å². The summed E-state index contributed by atoms with van der Waals surface area (Å²) in [5.41, 5.74) is 3.78. The lowest BCUT2D eigenvalue weighted by Crippen LogP contribution is -2.12. The average Bonchev–Trinajstić information content (AvgIpc) is 2.69. The van der Waals surface area contributed by atoms with Gasteiger partial charge in [0.25, 0.3) is 5.91 Å². The van der Waals surface area contributed by atoms with E-state index in [1.165, 1.54) is 10.5 Å². The molecule has 0 atom stereocenters. The maximum atomic E-state index is 12.4. The molecule has 0 aromatic heterocycles. The van der Waals surface area contributed by atoms with Crippen molar-refractivity contribution in [1.29, 1.82) is 0 Å². The van der Waals surface area contributed by atoms with E-state index in [1.54, 1.807) is 23.9 Å². The summed E-state index contributed by atoms with van der Waals surface area (Å²) in [7, 11) is 0. The average molecular weight is 378 g/mol. The Balaban J connectivity index is 1.49. The number of benzene rings is 3. The molecular formula is C23H23NO2S. The number of rotatable bonds is 7. The zero-order valence-electron chi connectivity index (χ0n) is 15.6. The molecule has 3 aromatic rings. The quantitative estimate of drug-likeness (QED) is 0.422. The Hall–Kier alpha value is -2.72. The van der Waals surface area contributed by atoms with Crippen molar-refractivity contribution in [2.24, 2.45) is 0 Å². The van der Waals surface area contributed by atoms with Crippen molar-refractivity contribution in [3.05, 3.63) is 89.5 Å². The number of nitrogens with one attached hydrogen (secondary N) is 1. The zero-order chi connectivity index (χ0) is 19.1. The van der Waals surface area contributed by atoms with Crippen molar-refractivity contribution in [2.75, 3.05) is 17.7 Å². The fourth-order valence-electron chi connectivity index (χ4n) is 2.56. The van der Waals surface area contributed by atoms with Gasteiger partial charge >= 0.3 is 0 Å². The smallest absolute Gasteiger partial charge is 0.255 e. The van der Waals surface area contributed by atoms with E-state index >= 15 is 0 Å². The molecule has 0 aliphatic heterocycles. The highest BCUT2D eigenvalue weighted by Gasteiger charge is 2.07. The lowest BCUT2D eigenvalue weighted by molar-refractivity contribution is 0.102. The molecule has 138 valence electrons. The number of aryl methyl sites for hydroxylation is 2. The van der Waals surface area contributed by atoms with E-state index in [1.807, 2.05) is 55.5 Å². The number of carbonyl (C=O) groups excluding carboxylic acids is 1. The van der Waals surface area contributed by atoms with Crippen LogP contribution in [-0.2, 0) is 0 Å². The molecule has 0 heterocycles. The first-order valence-electron chi connectivity index (χ1n) is 8.91. The summed E-state index contributed by atoms with van der Waals surface area (Å²) in [6, 6.07) is 23.4. The minimum absolute atomic E-state index is 0.121. The first-order valence-corrected chi connectivity index (χ1v) is 9.90. The molecule has 3 rings (SSSR count). The molecule has 27 heavy (non-hydrogen) atoms. The Morgan fingerprint density at radius 3 is 2.37 bits per heavy atom. The first-order chi connectivity index (χ1) is 13.1.